The van der Waals surface area contributed by atoms with E-state index in [4.69, 9.17) is 9.26 Å². The maximum atomic E-state index is 14.4. The highest BCUT2D eigenvalue weighted by molar-refractivity contribution is 6.24. The number of rotatable bonds is 4. The first-order valence-corrected chi connectivity index (χ1v) is 12.8. The number of halogens is 1. The average molecular weight is 502 g/mol. The monoisotopic (exact) mass is 501 g/mol. The summed E-state index contributed by atoms with van der Waals surface area (Å²) in [6, 6.07) is 12.2. The molecule has 0 bridgehead atoms. The van der Waals surface area contributed by atoms with Gasteiger partial charge in [0.2, 0.25) is 0 Å². The predicted octanol–water partition coefficient (Wildman–Crippen LogP) is 5.34. The molecule has 1 heterocycles. The van der Waals surface area contributed by atoms with E-state index >= 15 is 0 Å². The lowest BCUT2D eigenvalue weighted by Crippen LogP contribution is -2.61. The third-order valence-corrected chi connectivity index (χ3v) is 8.68. The molecule has 1 aromatic heterocycles. The second-order valence-electron chi connectivity index (χ2n) is 11.0. The van der Waals surface area contributed by atoms with Gasteiger partial charge in [-0.05, 0) is 71.5 Å². The van der Waals surface area contributed by atoms with E-state index in [9.17, 15) is 18.8 Å². The van der Waals surface area contributed by atoms with Crippen LogP contribution in [0.5, 0.6) is 5.88 Å². The summed E-state index contributed by atoms with van der Waals surface area (Å²) in [7, 11) is 0. The van der Waals surface area contributed by atoms with Crippen LogP contribution in [0.2, 0.25) is 0 Å². The highest BCUT2D eigenvalue weighted by Crippen LogP contribution is 2.57. The van der Waals surface area contributed by atoms with Gasteiger partial charge in [0.15, 0.2) is 23.1 Å². The molecule has 37 heavy (non-hydrogen) atoms. The SMILES string of the molecule is Cc1cc(F)cc2c1C(=O)C1C(=O)C3(C(C)C)C(=O)c4c(OCc5ccccc5)noc4CC3CC1C2. The summed E-state index contributed by atoms with van der Waals surface area (Å²) in [6.07, 6.45) is 1.30. The second-order valence-corrected chi connectivity index (χ2v) is 11.0. The number of carbonyl (C=O) groups is 3. The lowest BCUT2D eigenvalue weighted by atomic mass is 9.47. The molecule has 0 radical (unpaired) electrons. The van der Waals surface area contributed by atoms with Gasteiger partial charge in [-0.25, -0.2) is 4.39 Å². The molecule has 3 aromatic rings. The first kappa shape index (κ1) is 23.8. The van der Waals surface area contributed by atoms with Crippen molar-refractivity contribution in [2.75, 3.05) is 0 Å². The van der Waals surface area contributed by atoms with Gasteiger partial charge < -0.3 is 9.26 Å². The minimum Gasteiger partial charge on any atom is -0.470 e. The Labute approximate surface area is 214 Å². The molecule has 0 saturated heterocycles. The van der Waals surface area contributed by atoms with E-state index in [1.54, 1.807) is 6.92 Å². The molecule has 4 atom stereocenters. The summed E-state index contributed by atoms with van der Waals surface area (Å²) in [5, 5.41) is 4.06. The lowest BCUT2D eigenvalue weighted by molar-refractivity contribution is -0.141. The normalized spacial score (nSPS) is 26.4. The number of aromatic nitrogens is 1. The fourth-order valence-electron chi connectivity index (χ4n) is 7.14. The zero-order valence-corrected chi connectivity index (χ0v) is 21.0. The van der Waals surface area contributed by atoms with Crippen molar-refractivity contribution in [1.29, 1.82) is 0 Å². The van der Waals surface area contributed by atoms with Crippen LogP contribution >= 0.6 is 0 Å². The molecule has 7 heteroatoms. The van der Waals surface area contributed by atoms with Crippen LogP contribution in [0.4, 0.5) is 4.39 Å². The van der Waals surface area contributed by atoms with Gasteiger partial charge in [0.1, 0.15) is 18.0 Å². The van der Waals surface area contributed by atoms with Crippen molar-refractivity contribution < 1.29 is 28.0 Å². The van der Waals surface area contributed by atoms with Crippen LogP contribution in [0.25, 0.3) is 0 Å². The Morgan fingerprint density at radius 1 is 1.11 bits per heavy atom. The van der Waals surface area contributed by atoms with Crippen molar-refractivity contribution in [3.8, 4) is 5.88 Å². The first-order valence-electron chi connectivity index (χ1n) is 12.8. The van der Waals surface area contributed by atoms with Crippen molar-refractivity contribution in [2.45, 2.75) is 46.6 Å². The van der Waals surface area contributed by atoms with E-state index < -0.39 is 11.3 Å². The maximum Gasteiger partial charge on any atom is 0.265 e. The average Bonchev–Trinajstić information content (AvgIpc) is 3.25. The van der Waals surface area contributed by atoms with E-state index in [0.717, 1.165) is 5.56 Å². The number of nitrogens with zero attached hydrogens (tertiary/aromatic N) is 1. The van der Waals surface area contributed by atoms with E-state index in [1.807, 2.05) is 44.2 Å². The molecule has 0 spiro atoms. The molecule has 0 amide bonds. The molecule has 1 saturated carbocycles. The van der Waals surface area contributed by atoms with Crippen molar-refractivity contribution in [3.63, 3.8) is 0 Å². The molecule has 1 fully saturated rings. The Hall–Kier alpha value is -3.61. The van der Waals surface area contributed by atoms with Crippen molar-refractivity contribution >= 4 is 17.3 Å². The zero-order chi connectivity index (χ0) is 26.1. The molecule has 0 N–H and O–H groups in total. The summed E-state index contributed by atoms with van der Waals surface area (Å²) in [4.78, 5) is 42.4. The largest absolute Gasteiger partial charge is 0.470 e. The first-order chi connectivity index (χ1) is 17.7. The van der Waals surface area contributed by atoms with Gasteiger partial charge in [-0.15, -0.1) is 0 Å². The quantitative estimate of drug-likeness (QED) is 0.449. The Kier molecular flexibility index (Phi) is 5.44. The topological polar surface area (TPSA) is 86.5 Å². The molecule has 0 aliphatic heterocycles. The van der Waals surface area contributed by atoms with Gasteiger partial charge in [-0.1, -0.05) is 44.2 Å². The lowest BCUT2D eigenvalue weighted by Gasteiger charge is -2.52. The van der Waals surface area contributed by atoms with E-state index in [1.165, 1.54) is 12.1 Å². The Bertz CT molecular complexity index is 1440. The third kappa shape index (κ3) is 3.36. The number of fused-ring (bicyclic) bond motifs is 4. The summed E-state index contributed by atoms with van der Waals surface area (Å²) < 4.78 is 25.6. The van der Waals surface area contributed by atoms with Gasteiger partial charge in [0, 0.05) is 12.0 Å². The standard InChI is InChI=1S/C30H28FNO5/c1-15(2)30-20(11-18-10-19-12-21(31)9-16(3)23(19)26(33)24(18)27(30)34)13-22-25(28(30)35)29(32-37-22)36-14-17-7-5-4-6-8-17/h4-9,12,15,18,20,24H,10-11,13-14H2,1-3H3. The van der Waals surface area contributed by atoms with Crippen LogP contribution in [0, 0.1) is 41.8 Å². The molecule has 3 aliphatic carbocycles. The molecule has 2 aromatic carbocycles. The Balaban J connectivity index is 1.40. The van der Waals surface area contributed by atoms with Crippen LogP contribution in [0.15, 0.2) is 47.0 Å². The van der Waals surface area contributed by atoms with Gasteiger partial charge in [-0.2, -0.15) is 0 Å². The fourth-order valence-corrected chi connectivity index (χ4v) is 7.14. The van der Waals surface area contributed by atoms with Crippen LogP contribution in [0.1, 0.15) is 63.4 Å². The smallest absolute Gasteiger partial charge is 0.265 e. The van der Waals surface area contributed by atoms with Crippen LogP contribution in [-0.4, -0.2) is 22.5 Å². The zero-order valence-electron chi connectivity index (χ0n) is 21.0. The fraction of sp³-hybridized carbons (Fsp3) is 0.400. The van der Waals surface area contributed by atoms with Gasteiger partial charge >= 0.3 is 0 Å². The molecule has 4 unspecified atom stereocenters. The highest BCUT2D eigenvalue weighted by Gasteiger charge is 2.65. The minimum atomic E-state index is -1.37. The molecule has 6 nitrogen and oxygen atoms in total. The summed E-state index contributed by atoms with van der Waals surface area (Å²) >= 11 is 0. The van der Waals surface area contributed by atoms with E-state index in [2.05, 4.69) is 5.16 Å². The molecular formula is C30H28FNO5. The number of benzene rings is 2. The van der Waals surface area contributed by atoms with Gasteiger partial charge in [0.05, 0.1) is 11.3 Å². The van der Waals surface area contributed by atoms with Crippen LogP contribution in [-0.2, 0) is 24.2 Å². The van der Waals surface area contributed by atoms with Crippen LogP contribution in [0.3, 0.4) is 0 Å². The summed E-state index contributed by atoms with van der Waals surface area (Å²) in [6.45, 7) is 5.64. The number of hydrogen-bond donors (Lipinski definition) is 0. The number of ketones is 3. The van der Waals surface area contributed by atoms with Crippen molar-refractivity contribution in [2.24, 2.45) is 29.1 Å². The third-order valence-electron chi connectivity index (χ3n) is 8.68. The Morgan fingerprint density at radius 2 is 1.86 bits per heavy atom. The maximum absolute atomic E-state index is 14.4. The molecule has 190 valence electrons. The number of carbonyl (C=O) groups excluding carboxylic acids is 3. The summed E-state index contributed by atoms with van der Waals surface area (Å²) in [5.41, 5.74) is 1.36. The number of ether oxygens (including phenoxy) is 1. The van der Waals surface area contributed by atoms with Crippen molar-refractivity contribution in [1.82, 2.24) is 5.16 Å². The molecule has 3 aliphatic rings. The van der Waals surface area contributed by atoms with Crippen molar-refractivity contribution in [3.05, 3.63) is 81.9 Å². The molecular weight excluding hydrogens is 473 g/mol. The van der Waals surface area contributed by atoms with E-state index in [0.29, 0.717) is 41.7 Å². The number of aryl methyl sites for hydroxylation is 1. The van der Waals surface area contributed by atoms with E-state index in [-0.39, 0.29) is 59.0 Å². The number of Topliss-reactive ketones (excluding diaryl/α,β-unsaturated/α-hetero) is 3. The molecule has 6 rings (SSSR count). The predicted molar refractivity (Wildman–Crippen MR) is 132 cm³/mol. The summed E-state index contributed by atoms with van der Waals surface area (Å²) in [5.74, 6) is -2.74. The van der Waals surface area contributed by atoms with Crippen LogP contribution < -0.4 is 4.74 Å². The van der Waals surface area contributed by atoms with Gasteiger partial charge in [0.25, 0.3) is 5.88 Å². The minimum absolute atomic E-state index is 0.0869. The number of hydrogen-bond acceptors (Lipinski definition) is 6. The highest BCUT2D eigenvalue weighted by atomic mass is 19.1. The van der Waals surface area contributed by atoms with Gasteiger partial charge in [-0.3, -0.25) is 14.4 Å². The Morgan fingerprint density at radius 3 is 2.59 bits per heavy atom. The second kappa shape index (κ2) is 8.47.